The molecule has 0 unspecified atom stereocenters. The van der Waals surface area contributed by atoms with Crippen molar-refractivity contribution < 1.29 is 9.53 Å². The van der Waals surface area contributed by atoms with E-state index < -0.39 is 0 Å². The third kappa shape index (κ3) is 3.28. The van der Waals surface area contributed by atoms with E-state index in [0.717, 1.165) is 5.69 Å². The van der Waals surface area contributed by atoms with E-state index in [1.54, 1.807) is 10.9 Å². The highest BCUT2D eigenvalue weighted by Gasteiger charge is 2.15. The number of amides is 1. The Kier molecular flexibility index (Phi) is 4.11. The summed E-state index contributed by atoms with van der Waals surface area (Å²) in [6.45, 7) is 3.72. The van der Waals surface area contributed by atoms with Crippen LogP contribution in [0.5, 0.6) is 0 Å². The third-order valence-corrected chi connectivity index (χ3v) is 2.87. The number of morpholine rings is 1. The Morgan fingerprint density at radius 1 is 1.53 bits per heavy atom. The normalized spacial score (nSPS) is 16.2. The Hall–Kier alpha value is -1.40. The number of rotatable bonds is 4. The summed E-state index contributed by atoms with van der Waals surface area (Å²) in [5, 5.41) is 7.20. The molecule has 2 rings (SSSR count). The Bertz CT molecular complexity index is 371. The van der Waals surface area contributed by atoms with E-state index in [2.05, 4.69) is 10.4 Å². The molecule has 94 valence electrons. The predicted molar refractivity (Wildman–Crippen MR) is 62.3 cm³/mol. The molecule has 0 bridgehead atoms. The Labute approximate surface area is 101 Å². The van der Waals surface area contributed by atoms with Gasteiger partial charge >= 0.3 is 0 Å². The first-order chi connectivity index (χ1) is 8.27. The van der Waals surface area contributed by atoms with Gasteiger partial charge in [0.05, 0.1) is 25.5 Å². The van der Waals surface area contributed by atoms with E-state index in [4.69, 9.17) is 4.74 Å². The summed E-state index contributed by atoms with van der Waals surface area (Å²) in [6.07, 6.45) is 1.75. The molecule has 1 N–H and O–H groups in total. The number of hydrogen-bond donors (Lipinski definition) is 1. The Morgan fingerprint density at radius 3 is 2.94 bits per heavy atom. The van der Waals surface area contributed by atoms with Crippen molar-refractivity contribution in [2.75, 3.05) is 32.8 Å². The van der Waals surface area contributed by atoms with Crippen LogP contribution in [0, 0.1) is 0 Å². The van der Waals surface area contributed by atoms with Crippen LogP contribution in [-0.4, -0.2) is 53.4 Å². The highest BCUT2D eigenvalue weighted by Crippen LogP contribution is 1.98. The first kappa shape index (κ1) is 12.1. The lowest BCUT2D eigenvalue weighted by atomic mass is 10.3. The second kappa shape index (κ2) is 5.79. The predicted octanol–water partition coefficient (Wildman–Crippen LogP) is -0.631. The number of nitrogens with one attached hydrogen (secondary N) is 1. The molecule has 17 heavy (non-hydrogen) atoms. The zero-order valence-electron chi connectivity index (χ0n) is 10.1. The molecule has 0 aliphatic carbocycles. The quantitative estimate of drug-likeness (QED) is 0.758. The van der Waals surface area contributed by atoms with Crippen molar-refractivity contribution in [3.05, 3.63) is 18.0 Å². The molecule has 1 aliphatic rings. The van der Waals surface area contributed by atoms with Crippen LogP contribution in [0.15, 0.2) is 12.3 Å². The number of carbonyl (C=O) groups is 1. The first-order valence-corrected chi connectivity index (χ1v) is 5.80. The molecule has 0 atom stereocenters. The molecule has 0 spiro atoms. The van der Waals surface area contributed by atoms with Gasteiger partial charge in [0.2, 0.25) is 5.91 Å². The van der Waals surface area contributed by atoms with Crippen molar-refractivity contribution in [3.8, 4) is 0 Å². The van der Waals surface area contributed by atoms with Crippen molar-refractivity contribution in [1.82, 2.24) is 20.0 Å². The van der Waals surface area contributed by atoms with E-state index in [9.17, 15) is 4.79 Å². The van der Waals surface area contributed by atoms with Crippen molar-refractivity contribution in [2.24, 2.45) is 7.05 Å². The fraction of sp³-hybridized carbons (Fsp3) is 0.636. The van der Waals surface area contributed by atoms with E-state index in [1.807, 2.05) is 18.0 Å². The lowest BCUT2D eigenvalue weighted by molar-refractivity contribution is -0.134. The molecule has 1 saturated heterocycles. The monoisotopic (exact) mass is 238 g/mol. The molecule has 2 heterocycles. The molecule has 1 aromatic heterocycles. The molecular weight excluding hydrogens is 220 g/mol. The Balaban J connectivity index is 1.71. The van der Waals surface area contributed by atoms with Gasteiger partial charge in [0.15, 0.2) is 0 Å². The average molecular weight is 238 g/mol. The summed E-state index contributed by atoms with van der Waals surface area (Å²) < 4.78 is 7.00. The topological polar surface area (TPSA) is 59.4 Å². The fourth-order valence-corrected chi connectivity index (χ4v) is 1.80. The summed E-state index contributed by atoms with van der Waals surface area (Å²) in [7, 11) is 1.89. The SMILES string of the molecule is Cn1nccc1CNCC(=O)N1CCOCC1. The maximum Gasteiger partial charge on any atom is 0.236 e. The maximum absolute atomic E-state index is 11.8. The van der Waals surface area contributed by atoms with Crippen molar-refractivity contribution in [1.29, 1.82) is 0 Å². The van der Waals surface area contributed by atoms with E-state index in [-0.39, 0.29) is 5.91 Å². The van der Waals surface area contributed by atoms with Crippen LogP contribution in [-0.2, 0) is 23.1 Å². The summed E-state index contributed by atoms with van der Waals surface area (Å²) in [4.78, 5) is 13.6. The van der Waals surface area contributed by atoms with Crippen molar-refractivity contribution in [2.45, 2.75) is 6.54 Å². The van der Waals surface area contributed by atoms with Crippen LogP contribution in [0.3, 0.4) is 0 Å². The minimum Gasteiger partial charge on any atom is -0.378 e. The number of hydrogen-bond acceptors (Lipinski definition) is 4. The summed E-state index contributed by atoms with van der Waals surface area (Å²) in [5.41, 5.74) is 1.07. The zero-order chi connectivity index (χ0) is 12.1. The molecule has 1 aliphatic heterocycles. The van der Waals surface area contributed by atoms with E-state index >= 15 is 0 Å². The summed E-state index contributed by atoms with van der Waals surface area (Å²) in [5.74, 6) is 0.135. The van der Waals surface area contributed by atoms with Gasteiger partial charge in [-0.2, -0.15) is 5.10 Å². The molecule has 6 heteroatoms. The molecule has 1 fully saturated rings. The number of nitrogens with zero attached hydrogens (tertiary/aromatic N) is 3. The maximum atomic E-state index is 11.8. The number of aryl methyl sites for hydroxylation is 1. The van der Waals surface area contributed by atoms with Gasteiger partial charge < -0.3 is 15.0 Å². The van der Waals surface area contributed by atoms with Gasteiger partial charge in [0, 0.05) is 32.9 Å². The molecular formula is C11H18N4O2. The van der Waals surface area contributed by atoms with Crippen LogP contribution in [0.25, 0.3) is 0 Å². The number of aromatic nitrogens is 2. The molecule has 1 amide bonds. The van der Waals surface area contributed by atoms with Gasteiger partial charge in [-0.15, -0.1) is 0 Å². The second-order valence-corrected chi connectivity index (χ2v) is 4.04. The van der Waals surface area contributed by atoms with Crippen LogP contribution in [0.1, 0.15) is 5.69 Å². The highest BCUT2D eigenvalue weighted by molar-refractivity contribution is 5.78. The smallest absolute Gasteiger partial charge is 0.236 e. The average Bonchev–Trinajstić information content (AvgIpc) is 2.76. The lowest BCUT2D eigenvalue weighted by Crippen LogP contribution is -2.44. The number of carbonyl (C=O) groups excluding carboxylic acids is 1. The lowest BCUT2D eigenvalue weighted by Gasteiger charge is -2.26. The van der Waals surface area contributed by atoms with Crippen LogP contribution in [0.2, 0.25) is 0 Å². The molecule has 6 nitrogen and oxygen atoms in total. The summed E-state index contributed by atoms with van der Waals surface area (Å²) in [6, 6.07) is 1.94. The van der Waals surface area contributed by atoms with Gasteiger partial charge in [-0.3, -0.25) is 9.48 Å². The van der Waals surface area contributed by atoms with Gasteiger partial charge in [-0.1, -0.05) is 0 Å². The largest absolute Gasteiger partial charge is 0.378 e. The van der Waals surface area contributed by atoms with Gasteiger partial charge in [-0.25, -0.2) is 0 Å². The molecule has 0 saturated carbocycles. The standard InChI is InChI=1S/C11H18N4O2/c1-14-10(2-3-13-14)8-12-9-11(16)15-4-6-17-7-5-15/h2-3,12H,4-9H2,1H3. The minimum absolute atomic E-state index is 0.135. The Morgan fingerprint density at radius 2 is 2.29 bits per heavy atom. The third-order valence-electron chi connectivity index (χ3n) is 2.87. The second-order valence-electron chi connectivity index (χ2n) is 4.04. The van der Waals surface area contributed by atoms with E-state index in [1.165, 1.54) is 0 Å². The van der Waals surface area contributed by atoms with Gasteiger partial charge in [-0.05, 0) is 6.07 Å². The first-order valence-electron chi connectivity index (χ1n) is 5.80. The van der Waals surface area contributed by atoms with Crippen LogP contribution >= 0.6 is 0 Å². The minimum atomic E-state index is 0.135. The molecule has 0 radical (unpaired) electrons. The zero-order valence-corrected chi connectivity index (χ0v) is 10.1. The fourth-order valence-electron chi connectivity index (χ4n) is 1.80. The van der Waals surface area contributed by atoms with Crippen LogP contribution in [0.4, 0.5) is 0 Å². The van der Waals surface area contributed by atoms with Gasteiger partial charge in [0.1, 0.15) is 0 Å². The number of ether oxygens (including phenoxy) is 1. The van der Waals surface area contributed by atoms with Crippen LogP contribution < -0.4 is 5.32 Å². The highest BCUT2D eigenvalue weighted by atomic mass is 16.5. The summed E-state index contributed by atoms with van der Waals surface area (Å²) >= 11 is 0. The van der Waals surface area contributed by atoms with Gasteiger partial charge in [0.25, 0.3) is 0 Å². The molecule has 1 aromatic rings. The van der Waals surface area contributed by atoms with Crippen molar-refractivity contribution in [3.63, 3.8) is 0 Å². The van der Waals surface area contributed by atoms with E-state index in [0.29, 0.717) is 39.4 Å². The molecule has 0 aromatic carbocycles. The van der Waals surface area contributed by atoms with Crippen molar-refractivity contribution >= 4 is 5.91 Å².